The van der Waals surface area contributed by atoms with Gasteiger partial charge >= 0.3 is 0 Å². The molecule has 1 heterocycles. The molecule has 0 aliphatic heterocycles. The SMILES string of the molecule is COc1cccc(Oc2cc(NN)nc(C3CC3)n2)c1. The van der Waals surface area contributed by atoms with Crippen molar-refractivity contribution < 1.29 is 9.47 Å². The quantitative estimate of drug-likeness (QED) is 0.642. The van der Waals surface area contributed by atoms with E-state index in [-0.39, 0.29) is 0 Å². The average molecular weight is 272 g/mol. The predicted molar refractivity (Wildman–Crippen MR) is 74.9 cm³/mol. The van der Waals surface area contributed by atoms with Crippen molar-refractivity contribution in [2.24, 2.45) is 5.84 Å². The van der Waals surface area contributed by atoms with Gasteiger partial charge in [-0.25, -0.2) is 10.8 Å². The second kappa shape index (κ2) is 5.34. The molecule has 1 aliphatic carbocycles. The molecule has 0 atom stereocenters. The van der Waals surface area contributed by atoms with Crippen molar-refractivity contribution in [1.82, 2.24) is 9.97 Å². The number of ether oxygens (including phenoxy) is 2. The molecule has 20 heavy (non-hydrogen) atoms. The van der Waals surface area contributed by atoms with Gasteiger partial charge in [0.2, 0.25) is 5.88 Å². The number of benzene rings is 1. The van der Waals surface area contributed by atoms with E-state index in [1.54, 1.807) is 19.2 Å². The van der Waals surface area contributed by atoms with Crippen LogP contribution in [-0.4, -0.2) is 17.1 Å². The van der Waals surface area contributed by atoms with Crippen molar-refractivity contribution in [3.63, 3.8) is 0 Å². The molecule has 0 spiro atoms. The highest BCUT2D eigenvalue weighted by Crippen LogP contribution is 2.39. The van der Waals surface area contributed by atoms with E-state index in [4.69, 9.17) is 15.3 Å². The second-order valence-corrected chi connectivity index (χ2v) is 4.65. The molecule has 6 nitrogen and oxygen atoms in total. The van der Waals surface area contributed by atoms with E-state index in [9.17, 15) is 0 Å². The molecular formula is C14H16N4O2. The van der Waals surface area contributed by atoms with Crippen molar-refractivity contribution in [1.29, 1.82) is 0 Å². The van der Waals surface area contributed by atoms with E-state index >= 15 is 0 Å². The number of hydrogen-bond donors (Lipinski definition) is 2. The van der Waals surface area contributed by atoms with Crippen molar-refractivity contribution in [3.8, 4) is 17.4 Å². The van der Waals surface area contributed by atoms with Gasteiger partial charge in [-0.15, -0.1) is 0 Å². The Kier molecular flexibility index (Phi) is 3.39. The molecule has 0 saturated heterocycles. The maximum absolute atomic E-state index is 5.76. The number of aromatic nitrogens is 2. The number of nitrogens with two attached hydrogens (primary N) is 1. The van der Waals surface area contributed by atoms with Gasteiger partial charge in [0.05, 0.1) is 7.11 Å². The minimum atomic E-state index is 0.427. The number of nitrogens with zero attached hydrogens (tertiary/aromatic N) is 2. The zero-order valence-corrected chi connectivity index (χ0v) is 11.2. The Labute approximate surface area is 116 Å². The minimum absolute atomic E-state index is 0.427. The summed E-state index contributed by atoms with van der Waals surface area (Å²) in [5.41, 5.74) is 2.54. The van der Waals surface area contributed by atoms with E-state index < -0.39 is 0 Å². The van der Waals surface area contributed by atoms with Crippen LogP contribution in [-0.2, 0) is 0 Å². The number of hydrogen-bond acceptors (Lipinski definition) is 6. The summed E-state index contributed by atoms with van der Waals surface area (Å²) >= 11 is 0. The van der Waals surface area contributed by atoms with Crippen LogP contribution in [0.4, 0.5) is 5.82 Å². The van der Waals surface area contributed by atoms with Crippen molar-refractivity contribution in [2.75, 3.05) is 12.5 Å². The monoisotopic (exact) mass is 272 g/mol. The Morgan fingerprint density at radius 3 is 2.70 bits per heavy atom. The first kappa shape index (κ1) is 12.7. The van der Waals surface area contributed by atoms with Crippen LogP contribution in [0.5, 0.6) is 17.4 Å². The van der Waals surface area contributed by atoms with Crippen molar-refractivity contribution in [2.45, 2.75) is 18.8 Å². The summed E-state index contributed by atoms with van der Waals surface area (Å²) in [5.74, 6) is 9.06. The molecule has 1 aromatic heterocycles. The molecule has 6 heteroatoms. The van der Waals surface area contributed by atoms with Gasteiger partial charge in [0.25, 0.3) is 0 Å². The fourth-order valence-electron chi connectivity index (χ4n) is 1.88. The van der Waals surface area contributed by atoms with Gasteiger partial charge in [-0.3, -0.25) is 0 Å². The summed E-state index contributed by atoms with van der Waals surface area (Å²) in [7, 11) is 1.62. The van der Waals surface area contributed by atoms with Crippen LogP contribution in [0.2, 0.25) is 0 Å². The molecular weight excluding hydrogens is 256 g/mol. The van der Waals surface area contributed by atoms with Gasteiger partial charge in [-0.2, -0.15) is 4.98 Å². The van der Waals surface area contributed by atoms with E-state index in [0.717, 1.165) is 24.4 Å². The van der Waals surface area contributed by atoms with Crippen LogP contribution >= 0.6 is 0 Å². The van der Waals surface area contributed by atoms with Crippen molar-refractivity contribution in [3.05, 3.63) is 36.2 Å². The van der Waals surface area contributed by atoms with Crippen LogP contribution in [0.15, 0.2) is 30.3 Å². The zero-order valence-electron chi connectivity index (χ0n) is 11.2. The second-order valence-electron chi connectivity index (χ2n) is 4.65. The topological polar surface area (TPSA) is 82.3 Å². The Morgan fingerprint density at radius 1 is 1.20 bits per heavy atom. The van der Waals surface area contributed by atoms with E-state index in [0.29, 0.717) is 23.4 Å². The fourth-order valence-corrected chi connectivity index (χ4v) is 1.88. The highest BCUT2D eigenvalue weighted by Gasteiger charge is 2.27. The molecule has 1 aromatic carbocycles. The van der Waals surface area contributed by atoms with Crippen LogP contribution in [0.25, 0.3) is 0 Å². The van der Waals surface area contributed by atoms with Gasteiger partial charge in [-0.1, -0.05) is 6.07 Å². The standard InChI is InChI=1S/C14H16N4O2/c1-19-10-3-2-4-11(7-10)20-13-8-12(18-15)16-14(17-13)9-5-6-9/h2-4,7-9H,5-6,15H2,1H3,(H,16,17,18). The smallest absolute Gasteiger partial charge is 0.224 e. The Morgan fingerprint density at radius 2 is 2.00 bits per heavy atom. The molecule has 3 N–H and O–H groups in total. The lowest BCUT2D eigenvalue weighted by Crippen LogP contribution is -2.10. The molecule has 0 unspecified atom stereocenters. The van der Waals surface area contributed by atoms with Crippen LogP contribution < -0.4 is 20.7 Å². The largest absolute Gasteiger partial charge is 0.497 e. The van der Waals surface area contributed by atoms with Gasteiger partial charge < -0.3 is 14.9 Å². The van der Waals surface area contributed by atoms with Gasteiger partial charge in [-0.05, 0) is 25.0 Å². The molecule has 0 amide bonds. The Hall–Kier alpha value is -2.34. The maximum atomic E-state index is 5.76. The highest BCUT2D eigenvalue weighted by atomic mass is 16.5. The number of anilines is 1. The normalized spacial score (nSPS) is 13.9. The average Bonchev–Trinajstić information content (AvgIpc) is 3.31. The van der Waals surface area contributed by atoms with Crippen molar-refractivity contribution >= 4 is 5.82 Å². The van der Waals surface area contributed by atoms with Crippen LogP contribution in [0.1, 0.15) is 24.6 Å². The third-order valence-corrected chi connectivity index (χ3v) is 3.07. The molecule has 1 saturated carbocycles. The third kappa shape index (κ3) is 2.80. The van der Waals surface area contributed by atoms with E-state index in [1.807, 2.05) is 18.2 Å². The van der Waals surface area contributed by atoms with Gasteiger partial charge in [0.1, 0.15) is 23.1 Å². The lowest BCUT2D eigenvalue weighted by molar-refractivity contribution is 0.407. The summed E-state index contributed by atoms with van der Waals surface area (Å²) in [6.45, 7) is 0. The molecule has 3 rings (SSSR count). The number of nitrogens with one attached hydrogen (secondary N) is 1. The summed E-state index contributed by atoms with van der Waals surface area (Å²) in [6.07, 6.45) is 2.24. The zero-order chi connectivity index (χ0) is 13.9. The third-order valence-electron chi connectivity index (χ3n) is 3.07. The first-order valence-electron chi connectivity index (χ1n) is 6.46. The van der Waals surface area contributed by atoms with Gasteiger partial charge in [0, 0.05) is 18.1 Å². The Bertz CT molecular complexity index is 614. The van der Waals surface area contributed by atoms with E-state index in [1.165, 1.54) is 0 Å². The maximum Gasteiger partial charge on any atom is 0.224 e. The van der Waals surface area contributed by atoms with Gasteiger partial charge in [0.15, 0.2) is 0 Å². The first-order valence-corrected chi connectivity index (χ1v) is 6.46. The number of hydrazine groups is 1. The summed E-state index contributed by atoms with van der Waals surface area (Å²) in [6, 6.07) is 9.03. The summed E-state index contributed by atoms with van der Waals surface area (Å²) in [5, 5.41) is 0. The molecule has 1 fully saturated rings. The fraction of sp³-hybridized carbons (Fsp3) is 0.286. The number of rotatable bonds is 5. The van der Waals surface area contributed by atoms with Crippen LogP contribution in [0.3, 0.4) is 0 Å². The molecule has 0 bridgehead atoms. The summed E-state index contributed by atoms with van der Waals surface area (Å²) < 4.78 is 10.9. The van der Waals surface area contributed by atoms with E-state index in [2.05, 4.69) is 15.4 Å². The molecule has 1 aliphatic rings. The number of methoxy groups -OCH3 is 1. The minimum Gasteiger partial charge on any atom is -0.497 e. The lowest BCUT2D eigenvalue weighted by Gasteiger charge is -2.09. The Balaban J connectivity index is 1.86. The molecule has 0 radical (unpaired) electrons. The molecule has 104 valence electrons. The van der Waals surface area contributed by atoms with Crippen LogP contribution in [0, 0.1) is 0 Å². The molecule has 2 aromatic rings. The summed E-state index contributed by atoms with van der Waals surface area (Å²) in [4.78, 5) is 8.76. The first-order chi connectivity index (χ1) is 9.78. The lowest BCUT2D eigenvalue weighted by atomic mass is 10.3. The predicted octanol–water partition coefficient (Wildman–Crippen LogP) is 2.44. The highest BCUT2D eigenvalue weighted by molar-refractivity contribution is 5.41. The number of nitrogen functional groups attached to an aromatic ring is 1.